The van der Waals surface area contributed by atoms with E-state index >= 15 is 0 Å². The summed E-state index contributed by atoms with van der Waals surface area (Å²) < 4.78 is 14.4. The van der Waals surface area contributed by atoms with Crippen molar-refractivity contribution in [3.63, 3.8) is 0 Å². The van der Waals surface area contributed by atoms with Crippen LogP contribution in [0.4, 0.5) is 4.39 Å². The first-order chi connectivity index (χ1) is 12.6. The van der Waals surface area contributed by atoms with Crippen LogP contribution in [0.5, 0.6) is 0 Å². The predicted molar refractivity (Wildman–Crippen MR) is 99.6 cm³/mol. The average Bonchev–Trinajstić information content (AvgIpc) is 3.01. The Morgan fingerprint density at radius 3 is 2.58 bits per heavy atom. The van der Waals surface area contributed by atoms with Crippen molar-refractivity contribution in [2.45, 2.75) is 6.92 Å². The molecule has 2 aromatic carbocycles. The summed E-state index contributed by atoms with van der Waals surface area (Å²) in [5.74, 6) is -0.901. The molecule has 0 fully saturated rings. The maximum atomic E-state index is 12.8. The molecular formula is C20H16FN3O2. The molecule has 1 heterocycles. The number of halogens is 1. The molecule has 0 spiro atoms. The number of carbonyl (C=O) groups excluding carboxylic acids is 2. The van der Waals surface area contributed by atoms with E-state index in [1.807, 2.05) is 24.3 Å². The van der Waals surface area contributed by atoms with Gasteiger partial charge in [0.05, 0.1) is 5.52 Å². The van der Waals surface area contributed by atoms with Crippen molar-refractivity contribution >= 4 is 35.0 Å². The summed E-state index contributed by atoms with van der Waals surface area (Å²) >= 11 is 0. The van der Waals surface area contributed by atoms with Crippen LogP contribution in [-0.2, 0) is 0 Å². The Kier molecular flexibility index (Phi) is 5.03. The number of amides is 1. The van der Waals surface area contributed by atoms with Gasteiger partial charge in [0.15, 0.2) is 0 Å². The summed E-state index contributed by atoms with van der Waals surface area (Å²) in [7, 11) is 0. The van der Waals surface area contributed by atoms with Crippen LogP contribution in [0.15, 0.2) is 65.9 Å². The molecule has 0 unspecified atom stereocenters. The van der Waals surface area contributed by atoms with E-state index in [9.17, 15) is 14.0 Å². The van der Waals surface area contributed by atoms with Crippen LogP contribution >= 0.6 is 0 Å². The second kappa shape index (κ2) is 7.57. The molecule has 130 valence electrons. The fourth-order valence-electron chi connectivity index (χ4n) is 2.55. The smallest absolute Gasteiger partial charge is 0.271 e. The van der Waals surface area contributed by atoms with E-state index < -0.39 is 11.7 Å². The van der Waals surface area contributed by atoms with E-state index in [-0.39, 0.29) is 5.91 Å². The number of hydrogen-bond donors (Lipinski definition) is 1. The molecule has 3 rings (SSSR count). The van der Waals surface area contributed by atoms with Gasteiger partial charge in [-0.3, -0.25) is 14.2 Å². The first-order valence-electron chi connectivity index (χ1n) is 7.93. The molecule has 0 aliphatic carbocycles. The summed E-state index contributed by atoms with van der Waals surface area (Å²) in [5, 5.41) is 4.78. The largest absolute Gasteiger partial charge is 0.287 e. The molecule has 6 heteroatoms. The first-order valence-corrected chi connectivity index (χ1v) is 7.93. The molecule has 1 aromatic heterocycles. The van der Waals surface area contributed by atoms with Crippen molar-refractivity contribution in [3.8, 4) is 0 Å². The Balaban J connectivity index is 1.70. The zero-order valence-electron chi connectivity index (χ0n) is 14.0. The van der Waals surface area contributed by atoms with Crippen LogP contribution in [-0.4, -0.2) is 22.6 Å². The van der Waals surface area contributed by atoms with E-state index in [0.717, 1.165) is 16.5 Å². The van der Waals surface area contributed by atoms with E-state index in [4.69, 9.17) is 0 Å². The van der Waals surface area contributed by atoms with E-state index in [1.54, 1.807) is 22.9 Å². The van der Waals surface area contributed by atoms with Crippen LogP contribution in [0.1, 0.15) is 27.6 Å². The number of allylic oxidation sites excluding steroid dienone is 1. The van der Waals surface area contributed by atoms with E-state index in [0.29, 0.717) is 5.56 Å². The van der Waals surface area contributed by atoms with E-state index in [2.05, 4.69) is 10.5 Å². The highest BCUT2D eigenvalue weighted by molar-refractivity contribution is 5.98. The lowest BCUT2D eigenvalue weighted by atomic mass is 10.1. The second-order valence-corrected chi connectivity index (χ2v) is 5.58. The minimum atomic E-state index is -0.428. The molecule has 0 saturated carbocycles. The van der Waals surface area contributed by atoms with Crippen LogP contribution in [0.3, 0.4) is 0 Å². The van der Waals surface area contributed by atoms with Gasteiger partial charge in [0.25, 0.3) is 5.91 Å². The minimum Gasteiger partial charge on any atom is -0.287 e. The number of nitrogens with one attached hydrogen (secondary N) is 1. The van der Waals surface area contributed by atoms with Crippen LogP contribution in [0.25, 0.3) is 17.0 Å². The maximum absolute atomic E-state index is 12.8. The van der Waals surface area contributed by atoms with Gasteiger partial charge in [-0.2, -0.15) is 5.10 Å². The second-order valence-electron chi connectivity index (χ2n) is 5.58. The Morgan fingerprint density at radius 2 is 1.85 bits per heavy atom. The van der Waals surface area contributed by atoms with Gasteiger partial charge in [0, 0.05) is 35.8 Å². The van der Waals surface area contributed by atoms with Crippen molar-refractivity contribution in [3.05, 3.63) is 77.7 Å². The number of hydrazone groups is 1. The van der Waals surface area contributed by atoms with Gasteiger partial charge in [0.2, 0.25) is 5.91 Å². The Morgan fingerprint density at radius 1 is 1.12 bits per heavy atom. The molecule has 5 nitrogen and oxygen atoms in total. The summed E-state index contributed by atoms with van der Waals surface area (Å²) in [4.78, 5) is 23.6. The van der Waals surface area contributed by atoms with Crippen LogP contribution < -0.4 is 5.43 Å². The molecule has 1 amide bonds. The first kappa shape index (κ1) is 17.3. The predicted octanol–water partition coefficient (Wildman–Crippen LogP) is 3.87. The fourth-order valence-corrected chi connectivity index (χ4v) is 2.55. The highest BCUT2D eigenvalue weighted by Crippen LogP contribution is 2.22. The summed E-state index contributed by atoms with van der Waals surface area (Å²) in [6.07, 6.45) is 6.66. The SMILES string of the molecule is CC(=O)n1cc(C=CC=NNC(=O)c2ccc(F)cc2)c2ccccc21. The molecule has 0 saturated heterocycles. The van der Waals surface area contributed by atoms with Gasteiger partial charge in [-0.05, 0) is 36.4 Å². The zero-order chi connectivity index (χ0) is 18.5. The van der Waals surface area contributed by atoms with Crippen molar-refractivity contribution in [1.82, 2.24) is 9.99 Å². The average molecular weight is 349 g/mol. The third-order valence-corrected chi connectivity index (χ3v) is 3.79. The Hall–Kier alpha value is -3.54. The molecule has 0 radical (unpaired) electrons. The standard InChI is InChI=1S/C20H16FN3O2/c1-14(25)24-13-16(18-6-2-3-7-19(18)24)5-4-12-22-23-20(26)15-8-10-17(21)11-9-15/h2-13H,1H3,(H,23,26). The van der Waals surface area contributed by atoms with Gasteiger partial charge in [-0.25, -0.2) is 9.82 Å². The molecule has 0 atom stereocenters. The summed E-state index contributed by atoms with van der Waals surface area (Å²) in [6, 6.07) is 12.8. The van der Waals surface area contributed by atoms with Gasteiger partial charge in [-0.1, -0.05) is 24.3 Å². The molecule has 0 aliphatic heterocycles. The van der Waals surface area contributed by atoms with Crippen LogP contribution in [0, 0.1) is 5.82 Å². The molecular weight excluding hydrogens is 333 g/mol. The van der Waals surface area contributed by atoms with Gasteiger partial charge in [-0.15, -0.1) is 0 Å². The highest BCUT2D eigenvalue weighted by Gasteiger charge is 2.08. The lowest BCUT2D eigenvalue weighted by molar-refractivity contribution is 0.0937. The highest BCUT2D eigenvalue weighted by atomic mass is 19.1. The molecule has 1 N–H and O–H groups in total. The number of benzene rings is 2. The lowest BCUT2D eigenvalue weighted by Crippen LogP contribution is -2.17. The monoisotopic (exact) mass is 349 g/mol. The Bertz CT molecular complexity index is 1020. The molecule has 0 aliphatic rings. The number of hydrogen-bond acceptors (Lipinski definition) is 3. The number of carbonyl (C=O) groups is 2. The zero-order valence-corrected chi connectivity index (χ0v) is 14.0. The number of aromatic nitrogens is 1. The van der Waals surface area contributed by atoms with E-state index in [1.165, 1.54) is 37.4 Å². The molecule has 0 bridgehead atoms. The number of nitrogens with zero attached hydrogens (tertiary/aromatic N) is 2. The van der Waals surface area contributed by atoms with Crippen molar-refractivity contribution in [2.75, 3.05) is 0 Å². The molecule has 26 heavy (non-hydrogen) atoms. The fraction of sp³-hybridized carbons (Fsp3) is 0.0500. The normalized spacial score (nSPS) is 11.5. The van der Waals surface area contributed by atoms with Crippen molar-refractivity contribution < 1.29 is 14.0 Å². The third-order valence-electron chi connectivity index (χ3n) is 3.79. The van der Waals surface area contributed by atoms with Gasteiger partial charge >= 0.3 is 0 Å². The lowest BCUT2D eigenvalue weighted by Gasteiger charge is -1.98. The van der Waals surface area contributed by atoms with Crippen LogP contribution in [0.2, 0.25) is 0 Å². The topological polar surface area (TPSA) is 63.5 Å². The number of fused-ring (bicyclic) bond motifs is 1. The van der Waals surface area contributed by atoms with Crippen molar-refractivity contribution in [2.24, 2.45) is 5.10 Å². The van der Waals surface area contributed by atoms with Gasteiger partial charge < -0.3 is 0 Å². The van der Waals surface area contributed by atoms with Crippen molar-refractivity contribution in [1.29, 1.82) is 0 Å². The Labute approximate surface area is 149 Å². The summed E-state index contributed by atoms with van der Waals surface area (Å²) in [5.41, 5.74) is 4.38. The maximum Gasteiger partial charge on any atom is 0.271 e. The quantitative estimate of drug-likeness (QED) is 0.574. The minimum absolute atomic E-state index is 0.0684. The third kappa shape index (κ3) is 3.75. The molecule has 3 aromatic rings. The van der Waals surface area contributed by atoms with Gasteiger partial charge in [0.1, 0.15) is 5.82 Å². The number of rotatable bonds is 4. The number of para-hydroxylation sites is 1. The summed E-state index contributed by atoms with van der Waals surface area (Å²) in [6.45, 7) is 1.51.